The van der Waals surface area contributed by atoms with Crippen LogP contribution in [0.1, 0.15) is 6.42 Å². The first kappa shape index (κ1) is 12.1. The van der Waals surface area contributed by atoms with E-state index < -0.39 is 33.9 Å². The predicted molar refractivity (Wildman–Crippen MR) is 56.6 cm³/mol. The number of carbonyl (C=O) groups excluding carboxylic acids is 1. The zero-order valence-corrected chi connectivity index (χ0v) is 9.55. The van der Waals surface area contributed by atoms with Gasteiger partial charge in [0.05, 0.1) is 11.8 Å². The lowest BCUT2D eigenvalue weighted by Crippen LogP contribution is -2.44. The van der Waals surface area contributed by atoms with Gasteiger partial charge >= 0.3 is 5.97 Å². The fourth-order valence-electron chi connectivity index (χ4n) is 2.72. The third-order valence-corrected chi connectivity index (χ3v) is 3.78. The summed E-state index contributed by atoms with van der Waals surface area (Å²) in [7, 11) is -4.14. The van der Waals surface area contributed by atoms with Crippen molar-refractivity contribution in [1.82, 2.24) is 4.72 Å². The lowest BCUT2D eigenvalue weighted by molar-refractivity contribution is -0.147. The number of fused-ring (bicyclic) bond motifs is 2. The molecule has 0 aromatic rings. The molecule has 2 aliphatic carbocycles. The van der Waals surface area contributed by atoms with Gasteiger partial charge in [-0.05, 0) is 18.3 Å². The molecule has 4 N–H and O–H groups in total. The van der Waals surface area contributed by atoms with Crippen LogP contribution in [0.3, 0.4) is 0 Å². The molecule has 0 saturated heterocycles. The van der Waals surface area contributed by atoms with Crippen LogP contribution in [0.15, 0.2) is 12.2 Å². The second-order valence-corrected chi connectivity index (χ2v) is 5.64. The van der Waals surface area contributed by atoms with Gasteiger partial charge in [0.1, 0.15) is 0 Å². The Kier molecular flexibility index (Phi) is 2.70. The second-order valence-electron chi connectivity index (χ2n) is 4.35. The molecule has 1 saturated carbocycles. The molecule has 4 atom stereocenters. The summed E-state index contributed by atoms with van der Waals surface area (Å²) >= 11 is 0. The highest BCUT2D eigenvalue weighted by Gasteiger charge is 2.52. The molecule has 0 heterocycles. The van der Waals surface area contributed by atoms with Gasteiger partial charge in [-0.15, -0.1) is 0 Å². The highest BCUT2D eigenvalue weighted by atomic mass is 32.2. The number of aliphatic carboxylic acids is 1. The van der Waals surface area contributed by atoms with Crippen LogP contribution in [0.2, 0.25) is 0 Å². The highest BCUT2D eigenvalue weighted by molar-refractivity contribution is 7.87. The van der Waals surface area contributed by atoms with Gasteiger partial charge in [0.15, 0.2) is 0 Å². The molecule has 2 aliphatic rings. The molecule has 2 bridgehead atoms. The maximum atomic E-state index is 11.7. The van der Waals surface area contributed by atoms with E-state index in [0.717, 1.165) is 0 Å². The van der Waals surface area contributed by atoms with Crippen LogP contribution in [-0.4, -0.2) is 25.4 Å². The van der Waals surface area contributed by atoms with Crippen molar-refractivity contribution in [3.8, 4) is 0 Å². The summed E-state index contributed by atoms with van der Waals surface area (Å²) < 4.78 is 23.2. The molecular weight excluding hydrogens is 248 g/mol. The Labute approximate surface area is 97.9 Å². The predicted octanol–water partition coefficient (Wildman–Crippen LogP) is -1.17. The van der Waals surface area contributed by atoms with E-state index in [9.17, 15) is 18.0 Å². The molecule has 94 valence electrons. The molecule has 0 unspecified atom stereocenters. The van der Waals surface area contributed by atoms with Crippen LogP contribution in [0.25, 0.3) is 0 Å². The standard InChI is InChI=1S/C9H12N2O5S/c10-17(15,16)11-8(12)6-4-1-2-5(3-4)7(6)9(13)14/h1-2,4-7H,3H2,(H,11,12)(H,13,14)(H2,10,15,16)/t4-,5+,6-,7+/m1/s1. The summed E-state index contributed by atoms with van der Waals surface area (Å²) in [6.07, 6.45) is 4.10. The number of nitrogens with one attached hydrogen (secondary N) is 1. The summed E-state index contributed by atoms with van der Waals surface area (Å²) in [6.45, 7) is 0. The van der Waals surface area contributed by atoms with Gasteiger partial charge in [-0.25, -0.2) is 9.86 Å². The lowest BCUT2D eigenvalue weighted by atomic mass is 9.83. The van der Waals surface area contributed by atoms with Crippen molar-refractivity contribution in [3.63, 3.8) is 0 Å². The number of amides is 1. The molecule has 8 heteroatoms. The van der Waals surface area contributed by atoms with E-state index in [1.165, 1.54) is 0 Å². The number of carbonyl (C=O) groups is 2. The molecule has 2 rings (SSSR count). The fraction of sp³-hybridized carbons (Fsp3) is 0.556. The van der Waals surface area contributed by atoms with Crippen LogP contribution >= 0.6 is 0 Å². The second kappa shape index (κ2) is 3.81. The van der Waals surface area contributed by atoms with E-state index in [4.69, 9.17) is 10.2 Å². The number of nitrogens with two attached hydrogens (primary N) is 1. The lowest BCUT2D eigenvalue weighted by Gasteiger charge is -2.23. The van der Waals surface area contributed by atoms with E-state index in [1.807, 2.05) is 0 Å². The molecule has 0 radical (unpaired) electrons. The van der Waals surface area contributed by atoms with Crippen molar-refractivity contribution in [3.05, 3.63) is 12.2 Å². The molecule has 1 fully saturated rings. The minimum atomic E-state index is -4.14. The average molecular weight is 260 g/mol. The summed E-state index contributed by atoms with van der Waals surface area (Å²) in [4.78, 5) is 22.8. The first-order valence-electron chi connectivity index (χ1n) is 5.05. The van der Waals surface area contributed by atoms with Gasteiger partial charge in [0.25, 0.3) is 10.2 Å². The minimum absolute atomic E-state index is 0.200. The number of hydrogen-bond acceptors (Lipinski definition) is 4. The van der Waals surface area contributed by atoms with Crippen molar-refractivity contribution < 1.29 is 23.1 Å². The van der Waals surface area contributed by atoms with E-state index in [2.05, 4.69) is 0 Å². The third kappa shape index (κ3) is 2.18. The van der Waals surface area contributed by atoms with Gasteiger partial charge < -0.3 is 5.11 Å². The Morgan fingerprint density at radius 1 is 1.24 bits per heavy atom. The number of hydrogen-bond donors (Lipinski definition) is 3. The zero-order valence-electron chi connectivity index (χ0n) is 8.74. The van der Waals surface area contributed by atoms with Gasteiger partial charge in [-0.2, -0.15) is 8.42 Å². The Bertz CT molecular complexity index is 498. The normalized spacial score (nSPS) is 34.9. The number of carboxylic acids is 1. The van der Waals surface area contributed by atoms with Crippen LogP contribution < -0.4 is 9.86 Å². The Morgan fingerprint density at radius 2 is 1.76 bits per heavy atom. The molecule has 0 aromatic carbocycles. The molecule has 17 heavy (non-hydrogen) atoms. The maximum Gasteiger partial charge on any atom is 0.307 e. The number of rotatable bonds is 3. The van der Waals surface area contributed by atoms with E-state index in [-0.39, 0.29) is 11.8 Å². The SMILES string of the molecule is NS(=O)(=O)NC(=O)[C@H]1[C@@H](C(=O)O)[C@H]2C=C[C@@H]1C2. The Balaban J connectivity index is 2.23. The summed E-state index contributed by atoms with van der Waals surface area (Å²) in [5.74, 6) is -4.07. The Hall–Kier alpha value is -1.41. The van der Waals surface area contributed by atoms with Gasteiger partial charge in [0.2, 0.25) is 5.91 Å². The number of allylic oxidation sites excluding steroid dienone is 2. The molecular formula is C9H12N2O5S. The van der Waals surface area contributed by atoms with Crippen LogP contribution in [0.4, 0.5) is 0 Å². The summed E-state index contributed by atoms with van der Waals surface area (Å²) in [5.41, 5.74) is 0. The van der Waals surface area contributed by atoms with Crippen molar-refractivity contribution in [2.75, 3.05) is 0 Å². The minimum Gasteiger partial charge on any atom is -0.481 e. The average Bonchev–Trinajstić information content (AvgIpc) is 2.72. The quantitative estimate of drug-likeness (QED) is 0.551. The van der Waals surface area contributed by atoms with Gasteiger partial charge in [-0.1, -0.05) is 12.2 Å². The van der Waals surface area contributed by atoms with Crippen LogP contribution in [-0.2, 0) is 19.8 Å². The topological polar surface area (TPSA) is 127 Å². The monoisotopic (exact) mass is 260 g/mol. The van der Waals surface area contributed by atoms with Crippen LogP contribution in [0.5, 0.6) is 0 Å². The molecule has 0 aromatic heterocycles. The van der Waals surface area contributed by atoms with E-state index in [1.54, 1.807) is 16.9 Å². The fourth-order valence-corrected chi connectivity index (χ4v) is 3.14. The van der Waals surface area contributed by atoms with E-state index >= 15 is 0 Å². The smallest absolute Gasteiger partial charge is 0.307 e. The van der Waals surface area contributed by atoms with E-state index in [0.29, 0.717) is 6.42 Å². The zero-order chi connectivity index (χ0) is 12.8. The largest absolute Gasteiger partial charge is 0.481 e. The summed E-state index contributed by atoms with van der Waals surface area (Å²) in [5, 5.41) is 13.8. The van der Waals surface area contributed by atoms with Crippen LogP contribution in [0, 0.1) is 23.7 Å². The highest BCUT2D eigenvalue weighted by Crippen LogP contribution is 2.48. The maximum absolute atomic E-state index is 11.7. The molecule has 0 spiro atoms. The molecule has 1 amide bonds. The third-order valence-electron chi connectivity index (χ3n) is 3.29. The first-order chi connectivity index (χ1) is 7.79. The summed E-state index contributed by atoms with van der Waals surface area (Å²) in [6, 6.07) is 0. The Morgan fingerprint density at radius 3 is 2.24 bits per heavy atom. The van der Waals surface area contributed by atoms with Crippen molar-refractivity contribution >= 4 is 22.1 Å². The van der Waals surface area contributed by atoms with Gasteiger partial charge in [-0.3, -0.25) is 9.59 Å². The van der Waals surface area contributed by atoms with Crippen molar-refractivity contribution in [2.24, 2.45) is 28.8 Å². The van der Waals surface area contributed by atoms with Crippen molar-refractivity contribution in [2.45, 2.75) is 6.42 Å². The first-order valence-corrected chi connectivity index (χ1v) is 6.60. The van der Waals surface area contributed by atoms with Crippen molar-refractivity contribution in [1.29, 1.82) is 0 Å². The molecule has 0 aliphatic heterocycles. The van der Waals surface area contributed by atoms with Gasteiger partial charge in [0, 0.05) is 0 Å². The molecule has 7 nitrogen and oxygen atoms in total. The number of carboxylic acid groups (broad SMARTS) is 1.